The highest BCUT2D eigenvalue weighted by atomic mass is 35.5. The van der Waals surface area contributed by atoms with E-state index in [0.717, 1.165) is 35.5 Å². The van der Waals surface area contributed by atoms with Crippen LogP contribution >= 0.6 is 11.6 Å². The zero-order chi connectivity index (χ0) is 19.6. The molecular weight excluding hydrogens is 368 g/mol. The molecule has 0 unspecified atom stereocenters. The van der Waals surface area contributed by atoms with Crippen molar-refractivity contribution < 1.29 is 4.79 Å². The van der Waals surface area contributed by atoms with E-state index in [1.807, 2.05) is 65.6 Å². The molecule has 0 aliphatic heterocycles. The number of benzene rings is 2. The van der Waals surface area contributed by atoms with Crippen molar-refractivity contribution in [1.82, 2.24) is 9.88 Å². The molecule has 144 valence electrons. The molecule has 3 aromatic rings. The molecule has 1 amide bonds. The smallest absolute Gasteiger partial charge is 0.222 e. The number of hydrogen-bond acceptors (Lipinski definition) is 2. The molecule has 4 heteroatoms. The minimum absolute atomic E-state index is 0.189. The van der Waals surface area contributed by atoms with Gasteiger partial charge in [0.2, 0.25) is 5.91 Å². The van der Waals surface area contributed by atoms with E-state index >= 15 is 0 Å². The van der Waals surface area contributed by atoms with Crippen molar-refractivity contribution in [1.29, 1.82) is 0 Å². The summed E-state index contributed by atoms with van der Waals surface area (Å²) in [5, 5.41) is 0.739. The Kier molecular flexibility index (Phi) is 7.62. The zero-order valence-corrected chi connectivity index (χ0v) is 16.7. The van der Waals surface area contributed by atoms with E-state index in [0.29, 0.717) is 19.5 Å². The second-order valence-electron chi connectivity index (χ2n) is 6.85. The maximum Gasteiger partial charge on any atom is 0.222 e. The number of pyridine rings is 1. The monoisotopic (exact) mass is 392 g/mol. The number of carbonyl (C=O) groups excluding carboxylic acids is 1. The van der Waals surface area contributed by atoms with E-state index in [9.17, 15) is 4.79 Å². The van der Waals surface area contributed by atoms with Crippen LogP contribution in [-0.2, 0) is 24.2 Å². The van der Waals surface area contributed by atoms with Gasteiger partial charge < -0.3 is 4.90 Å². The van der Waals surface area contributed by atoms with Gasteiger partial charge in [-0.05, 0) is 48.2 Å². The highest BCUT2D eigenvalue weighted by Crippen LogP contribution is 2.13. The first-order chi connectivity index (χ1) is 13.7. The highest BCUT2D eigenvalue weighted by Gasteiger charge is 2.14. The maximum atomic E-state index is 12.9. The summed E-state index contributed by atoms with van der Waals surface area (Å²) in [5.41, 5.74) is 3.37. The second-order valence-corrected chi connectivity index (χ2v) is 7.29. The van der Waals surface area contributed by atoms with Gasteiger partial charge in [0, 0.05) is 42.8 Å². The van der Waals surface area contributed by atoms with E-state index in [4.69, 9.17) is 11.6 Å². The Hall–Kier alpha value is -2.65. The topological polar surface area (TPSA) is 33.2 Å². The predicted octanol–water partition coefficient (Wildman–Crippen LogP) is 5.33. The van der Waals surface area contributed by atoms with E-state index in [-0.39, 0.29) is 5.91 Å². The second kappa shape index (κ2) is 10.6. The summed E-state index contributed by atoms with van der Waals surface area (Å²) >= 11 is 5.93. The average Bonchev–Trinajstić information content (AvgIpc) is 2.74. The van der Waals surface area contributed by atoms with Crippen molar-refractivity contribution in [2.45, 2.75) is 32.2 Å². The fourth-order valence-electron chi connectivity index (χ4n) is 3.14. The maximum absolute atomic E-state index is 12.9. The fraction of sp³-hybridized carbons (Fsp3) is 0.250. The van der Waals surface area contributed by atoms with E-state index in [2.05, 4.69) is 17.1 Å². The van der Waals surface area contributed by atoms with Crippen molar-refractivity contribution in [2.24, 2.45) is 0 Å². The molecule has 1 heterocycles. The molecule has 0 saturated heterocycles. The lowest BCUT2D eigenvalue weighted by Gasteiger charge is -2.23. The molecule has 3 nitrogen and oxygen atoms in total. The Labute approximate surface area is 172 Å². The molecule has 0 N–H and O–H groups in total. The Morgan fingerprint density at radius 2 is 1.61 bits per heavy atom. The number of carbonyl (C=O) groups is 1. The minimum Gasteiger partial charge on any atom is -0.338 e. The summed E-state index contributed by atoms with van der Waals surface area (Å²) in [6, 6.07) is 23.9. The van der Waals surface area contributed by atoms with Crippen LogP contribution in [0.2, 0.25) is 5.02 Å². The van der Waals surface area contributed by atoms with Crippen LogP contribution in [0, 0.1) is 0 Å². The van der Waals surface area contributed by atoms with Gasteiger partial charge in [-0.1, -0.05) is 60.1 Å². The molecule has 0 aliphatic rings. The summed E-state index contributed by atoms with van der Waals surface area (Å²) in [6.07, 6.45) is 4.80. The van der Waals surface area contributed by atoms with Crippen LogP contribution in [0.1, 0.15) is 29.7 Å². The minimum atomic E-state index is 0.189. The molecule has 0 spiro atoms. The number of aromatic nitrogens is 1. The Balaban J connectivity index is 1.57. The van der Waals surface area contributed by atoms with Crippen molar-refractivity contribution in [2.75, 3.05) is 6.54 Å². The van der Waals surface area contributed by atoms with Gasteiger partial charge in [-0.25, -0.2) is 0 Å². The van der Waals surface area contributed by atoms with Gasteiger partial charge in [0.05, 0.1) is 0 Å². The molecule has 0 bridgehead atoms. The first-order valence-electron chi connectivity index (χ1n) is 9.67. The first-order valence-corrected chi connectivity index (χ1v) is 10.0. The SMILES string of the molecule is O=C(CCCc1ccc(Cl)cc1)N(CCc1ccccn1)Cc1ccccc1. The lowest BCUT2D eigenvalue weighted by molar-refractivity contribution is -0.131. The third-order valence-electron chi connectivity index (χ3n) is 4.70. The zero-order valence-electron chi connectivity index (χ0n) is 15.9. The van der Waals surface area contributed by atoms with Crippen molar-refractivity contribution in [3.63, 3.8) is 0 Å². The summed E-state index contributed by atoms with van der Waals surface area (Å²) in [4.78, 5) is 19.2. The molecule has 2 aromatic carbocycles. The highest BCUT2D eigenvalue weighted by molar-refractivity contribution is 6.30. The van der Waals surface area contributed by atoms with E-state index < -0.39 is 0 Å². The molecule has 3 rings (SSSR count). The number of nitrogens with zero attached hydrogens (tertiary/aromatic N) is 2. The lowest BCUT2D eigenvalue weighted by atomic mass is 10.1. The Morgan fingerprint density at radius 3 is 2.32 bits per heavy atom. The van der Waals surface area contributed by atoms with Crippen LogP contribution in [0.5, 0.6) is 0 Å². The van der Waals surface area contributed by atoms with E-state index in [1.54, 1.807) is 6.20 Å². The van der Waals surface area contributed by atoms with Crippen LogP contribution in [0.15, 0.2) is 79.0 Å². The molecule has 0 atom stereocenters. The van der Waals surface area contributed by atoms with Crippen LogP contribution in [0.4, 0.5) is 0 Å². The summed E-state index contributed by atoms with van der Waals surface area (Å²) in [7, 11) is 0. The van der Waals surface area contributed by atoms with Crippen LogP contribution in [-0.4, -0.2) is 22.3 Å². The van der Waals surface area contributed by atoms with Gasteiger partial charge in [0.15, 0.2) is 0 Å². The van der Waals surface area contributed by atoms with E-state index in [1.165, 1.54) is 5.56 Å². The van der Waals surface area contributed by atoms with Gasteiger partial charge in [0.1, 0.15) is 0 Å². The first kappa shape index (κ1) is 20.1. The third-order valence-corrected chi connectivity index (χ3v) is 4.95. The number of halogens is 1. The fourth-order valence-corrected chi connectivity index (χ4v) is 3.27. The van der Waals surface area contributed by atoms with Crippen LogP contribution in [0.3, 0.4) is 0 Å². The molecule has 0 fully saturated rings. The Morgan fingerprint density at radius 1 is 0.857 bits per heavy atom. The summed E-state index contributed by atoms with van der Waals surface area (Å²) < 4.78 is 0. The van der Waals surface area contributed by atoms with Gasteiger partial charge >= 0.3 is 0 Å². The third kappa shape index (κ3) is 6.50. The van der Waals surface area contributed by atoms with Crippen LogP contribution < -0.4 is 0 Å². The van der Waals surface area contributed by atoms with Gasteiger partial charge in [0.25, 0.3) is 0 Å². The van der Waals surface area contributed by atoms with Crippen LogP contribution in [0.25, 0.3) is 0 Å². The van der Waals surface area contributed by atoms with Crippen molar-refractivity contribution in [3.8, 4) is 0 Å². The number of amides is 1. The Bertz CT molecular complexity index is 851. The van der Waals surface area contributed by atoms with Gasteiger partial charge in [-0.2, -0.15) is 0 Å². The molecular formula is C24H25ClN2O. The predicted molar refractivity (Wildman–Crippen MR) is 114 cm³/mol. The van der Waals surface area contributed by atoms with Crippen molar-refractivity contribution in [3.05, 3.63) is 101 Å². The number of aryl methyl sites for hydroxylation is 1. The summed E-state index contributed by atoms with van der Waals surface area (Å²) in [5.74, 6) is 0.189. The molecule has 1 aromatic heterocycles. The van der Waals surface area contributed by atoms with Crippen molar-refractivity contribution >= 4 is 17.5 Å². The molecule has 0 radical (unpaired) electrons. The average molecular weight is 393 g/mol. The van der Waals surface area contributed by atoms with Gasteiger partial charge in [-0.3, -0.25) is 9.78 Å². The van der Waals surface area contributed by atoms with Gasteiger partial charge in [-0.15, -0.1) is 0 Å². The summed E-state index contributed by atoms with van der Waals surface area (Å²) in [6.45, 7) is 1.30. The quantitative estimate of drug-likeness (QED) is 0.493. The lowest BCUT2D eigenvalue weighted by Crippen LogP contribution is -2.32. The largest absolute Gasteiger partial charge is 0.338 e. The number of hydrogen-bond donors (Lipinski definition) is 0. The molecule has 0 saturated carbocycles. The normalized spacial score (nSPS) is 10.6. The number of rotatable bonds is 9. The molecule has 28 heavy (non-hydrogen) atoms. The molecule has 0 aliphatic carbocycles. The standard InChI is InChI=1S/C24H25ClN2O/c25-22-14-12-20(13-15-22)9-6-11-24(28)27(19-21-7-2-1-3-8-21)18-16-23-10-4-5-17-26-23/h1-5,7-8,10,12-15,17H,6,9,11,16,18-19H2.